The lowest BCUT2D eigenvalue weighted by Gasteiger charge is -2.29. The van der Waals surface area contributed by atoms with Crippen LogP contribution in [0.25, 0.3) is 11.1 Å². The standard InChI is InChI=1S/C23H34N4O5S/c1-4-17(21(28)23-26-18-12-8-9-13-20(18)32-23)25-22(29)19(14-16-10-6-5-7-11-16)24-15(2)27-33(3,30)31/h8-9,12-13,16-17,19,21,28H,4-7,10-11,14H2,1-3H3,(H,24,27)(H,25,29)/t17-,19?,21?/m0/s1. The van der Waals surface area contributed by atoms with Gasteiger partial charge in [-0.1, -0.05) is 51.2 Å². The second kappa shape index (κ2) is 11.1. The molecule has 1 saturated carbocycles. The van der Waals surface area contributed by atoms with Crippen molar-refractivity contribution in [1.82, 2.24) is 15.6 Å². The van der Waals surface area contributed by atoms with E-state index in [-0.39, 0.29) is 17.6 Å². The smallest absolute Gasteiger partial charge is 0.251 e. The molecule has 3 N–H and O–H groups in total. The molecular formula is C23H34N4O5S. The number of fused-ring (bicyclic) bond motifs is 1. The van der Waals surface area contributed by atoms with Crippen LogP contribution in [-0.4, -0.2) is 48.6 Å². The lowest BCUT2D eigenvalue weighted by Crippen LogP contribution is -2.51. The Bertz CT molecular complexity index is 1040. The van der Waals surface area contributed by atoms with Gasteiger partial charge in [0.25, 0.3) is 10.0 Å². The Hall–Kier alpha value is -2.46. The zero-order valence-corrected chi connectivity index (χ0v) is 20.3. The van der Waals surface area contributed by atoms with E-state index >= 15 is 0 Å². The highest BCUT2D eigenvalue weighted by atomic mass is 32.2. The third-order valence-corrected chi connectivity index (χ3v) is 6.61. The number of amidine groups is 1. The van der Waals surface area contributed by atoms with Crippen molar-refractivity contribution in [3.63, 3.8) is 0 Å². The van der Waals surface area contributed by atoms with Gasteiger partial charge in [0.2, 0.25) is 11.8 Å². The molecule has 10 heteroatoms. The number of aliphatic hydroxyl groups is 1. The molecule has 1 aliphatic carbocycles. The summed E-state index contributed by atoms with van der Waals surface area (Å²) >= 11 is 0. The largest absolute Gasteiger partial charge is 0.438 e. The second-order valence-corrected chi connectivity index (χ2v) is 10.5. The maximum absolute atomic E-state index is 13.3. The predicted molar refractivity (Wildman–Crippen MR) is 127 cm³/mol. The molecule has 3 rings (SSSR count). The number of amides is 1. The molecule has 0 spiro atoms. The third-order valence-electron chi connectivity index (χ3n) is 6.01. The zero-order valence-electron chi connectivity index (χ0n) is 19.5. The topological polar surface area (TPSA) is 134 Å². The highest BCUT2D eigenvalue weighted by Gasteiger charge is 2.30. The van der Waals surface area contributed by atoms with Gasteiger partial charge in [0, 0.05) is 0 Å². The first kappa shape index (κ1) is 25.2. The van der Waals surface area contributed by atoms with Crippen LogP contribution in [0.5, 0.6) is 0 Å². The van der Waals surface area contributed by atoms with Gasteiger partial charge in [-0.05, 0) is 37.8 Å². The van der Waals surface area contributed by atoms with Crippen LogP contribution in [0.2, 0.25) is 0 Å². The third kappa shape index (κ3) is 7.26. The molecule has 2 aromatic rings. The summed E-state index contributed by atoms with van der Waals surface area (Å²) in [5, 5.41) is 16.8. The summed E-state index contributed by atoms with van der Waals surface area (Å²) in [6.45, 7) is 3.39. The van der Waals surface area contributed by atoms with Gasteiger partial charge in [-0.15, -0.1) is 0 Å². The summed E-state index contributed by atoms with van der Waals surface area (Å²) in [6.07, 6.45) is 6.45. The molecule has 1 heterocycles. The average molecular weight is 479 g/mol. The molecule has 2 unspecified atom stereocenters. The molecule has 0 aliphatic heterocycles. The van der Waals surface area contributed by atoms with Crippen molar-refractivity contribution in [3.8, 4) is 0 Å². The Morgan fingerprint density at radius 1 is 1.24 bits per heavy atom. The van der Waals surface area contributed by atoms with Gasteiger partial charge in [0.1, 0.15) is 17.4 Å². The molecular weight excluding hydrogens is 444 g/mol. The summed E-state index contributed by atoms with van der Waals surface area (Å²) in [6, 6.07) is 5.94. The Morgan fingerprint density at radius 2 is 1.94 bits per heavy atom. The molecule has 1 aromatic heterocycles. The first-order valence-corrected chi connectivity index (χ1v) is 13.4. The van der Waals surface area contributed by atoms with E-state index in [9.17, 15) is 18.3 Å². The first-order chi connectivity index (χ1) is 15.7. The number of rotatable bonds is 9. The number of oxazole rings is 1. The van der Waals surface area contributed by atoms with Crippen LogP contribution >= 0.6 is 0 Å². The molecule has 0 saturated heterocycles. The number of benzene rings is 1. The predicted octanol–water partition coefficient (Wildman–Crippen LogP) is 3.06. The van der Waals surface area contributed by atoms with E-state index in [0.29, 0.717) is 29.9 Å². The fourth-order valence-corrected chi connectivity index (χ4v) is 4.94. The zero-order chi connectivity index (χ0) is 24.0. The summed E-state index contributed by atoms with van der Waals surface area (Å²) in [7, 11) is -3.58. The summed E-state index contributed by atoms with van der Waals surface area (Å²) in [4.78, 5) is 17.6. The van der Waals surface area contributed by atoms with Crippen LogP contribution in [0.4, 0.5) is 0 Å². The molecule has 1 amide bonds. The van der Waals surface area contributed by atoms with E-state index < -0.39 is 28.2 Å². The van der Waals surface area contributed by atoms with Crippen LogP contribution in [-0.2, 0) is 14.8 Å². The quantitative estimate of drug-likeness (QED) is 0.372. The molecule has 0 bridgehead atoms. The molecule has 1 aromatic carbocycles. The van der Waals surface area contributed by atoms with E-state index in [1.54, 1.807) is 12.1 Å². The highest BCUT2D eigenvalue weighted by Crippen LogP contribution is 2.28. The molecule has 1 fully saturated rings. The molecule has 0 radical (unpaired) electrons. The number of aliphatic hydroxyl groups excluding tert-OH is 1. The van der Waals surface area contributed by atoms with Gasteiger partial charge >= 0.3 is 0 Å². The number of carbonyl (C=O) groups excluding carboxylic acids is 1. The number of hydrogen-bond donors (Lipinski definition) is 3. The van der Waals surface area contributed by atoms with Gasteiger partial charge < -0.3 is 20.2 Å². The van der Waals surface area contributed by atoms with E-state index in [2.05, 4.69) is 20.0 Å². The van der Waals surface area contributed by atoms with Crippen molar-refractivity contribution in [2.75, 3.05) is 6.26 Å². The van der Waals surface area contributed by atoms with Crippen molar-refractivity contribution in [2.24, 2.45) is 10.3 Å². The number of para-hydroxylation sites is 2. The molecule has 182 valence electrons. The average Bonchev–Trinajstić information content (AvgIpc) is 3.20. The lowest BCUT2D eigenvalue weighted by molar-refractivity contribution is -0.125. The number of nitrogens with one attached hydrogen (secondary N) is 2. The van der Waals surface area contributed by atoms with Gasteiger partial charge in [-0.3, -0.25) is 4.79 Å². The van der Waals surface area contributed by atoms with Crippen LogP contribution in [0.3, 0.4) is 0 Å². The highest BCUT2D eigenvalue weighted by molar-refractivity contribution is 7.89. The summed E-state index contributed by atoms with van der Waals surface area (Å²) in [5.41, 5.74) is 1.20. The van der Waals surface area contributed by atoms with E-state index in [0.717, 1.165) is 31.9 Å². The van der Waals surface area contributed by atoms with Crippen LogP contribution < -0.4 is 10.6 Å². The summed E-state index contributed by atoms with van der Waals surface area (Å²) < 4.78 is 32.4. The van der Waals surface area contributed by atoms with Crippen molar-refractivity contribution >= 4 is 32.9 Å². The number of hydrogen-bond acceptors (Lipinski definition) is 6. The number of carbonyl (C=O) groups is 1. The minimum Gasteiger partial charge on any atom is -0.438 e. The number of nitrogens with zero attached hydrogens (tertiary/aromatic N) is 2. The Balaban J connectivity index is 1.75. The van der Waals surface area contributed by atoms with Gasteiger partial charge in [0.05, 0.1) is 12.3 Å². The lowest BCUT2D eigenvalue weighted by atomic mass is 9.84. The summed E-state index contributed by atoms with van der Waals surface area (Å²) in [5.74, 6) is 0.372. The fraction of sp³-hybridized carbons (Fsp3) is 0.609. The fourth-order valence-electron chi connectivity index (χ4n) is 4.39. The van der Waals surface area contributed by atoms with E-state index in [1.807, 2.05) is 19.1 Å². The van der Waals surface area contributed by atoms with Crippen molar-refractivity contribution in [1.29, 1.82) is 0 Å². The maximum Gasteiger partial charge on any atom is 0.251 e. The molecule has 33 heavy (non-hydrogen) atoms. The van der Waals surface area contributed by atoms with Crippen LogP contribution in [0.15, 0.2) is 33.1 Å². The Labute approximate surface area is 195 Å². The maximum atomic E-state index is 13.3. The minimum absolute atomic E-state index is 0.148. The van der Waals surface area contributed by atoms with Gasteiger partial charge in [0.15, 0.2) is 11.7 Å². The van der Waals surface area contributed by atoms with Crippen LogP contribution in [0, 0.1) is 5.92 Å². The Kier molecular flexibility index (Phi) is 8.47. The van der Waals surface area contributed by atoms with E-state index in [4.69, 9.17) is 4.42 Å². The van der Waals surface area contributed by atoms with Crippen LogP contribution in [0.1, 0.15) is 70.8 Å². The van der Waals surface area contributed by atoms with Crippen molar-refractivity contribution in [2.45, 2.75) is 77.0 Å². The van der Waals surface area contributed by atoms with Crippen molar-refractivity contribution < 1.29 is 22.7 Å². The van der Waals surface area contributed by atoms with Gasteiger partial charge in [-0.25, -0.2) is 13.4 Å². The van der Waals surface area contributed by atoms with Gasteiger partial charge in [-0.2, -0.15) is 4.40 Å². The van der Waals surface area contributed by atoms with E-state index in [1.165, 1.54) is 13.3 Å². The van der Waals surface area contributed by atoms with Crippen molar-refractivity contribution in [3.05, 3.63) is 30.2 Å². The second-order valence-electron chi connectivity index (χ2n) is 8.83. The number of sulfonamides is 1. The Morgan fingerprint density at radius 3 is 2.58 bits per heavy atom. The molecule has 3 atom stereocenters. The first-order valence-electron chi connectivity index (χ1n) is 11.5. The molecule has 1 aliphatic rings. The minimum atomic E-state index is -3.58. The monoisotopic (exact) mass is 478 g/mol. The SMILES string of the molecule is CC[C@H](NC(=O)C(CC1CCCCC1)NC(C)=NS(C)(=O)=O)C(O)c1nc2ccccc2o1. The normalized spacial score (nSPS) is 18.6. The number of aromatic nitrogens is 1. The molecule has 9 nitrogen and oxygen atoms in total.